The van der Waals surface area contributed by atoms with Crippen LogP contribution in [0, 0.1) is 5.82 Å². The largest absolute Gasteiger partial charge is 0.481 e. The molecule has 0 spiro atoms. The van der Waals surface area contributed by atoms with Crippen LogP contribution in [-0.4, -0.2) is 26.9 Å². The Kier molecular flexibility index (Phi) is 6.39. The SMILES string of the molecule is CC(C)(C)c1cc(NC(=O)Nc2ccc(F)cc2)n(-c2cccc(CCC(=O)O)c2)n1. The lowest BCUT2D eigenvalue weighted by Gasteiger charge is -2.14. The third kappa shape index (κ3) is 5.91. The van der Waals surface area contributed by atoms with E-state index in [0.717, 1.165) is 11.3 Å². The predicted molar refractivity (Wildman–Crippen MR) is 117 cm³/mol. The monoisotopic (exact) mass is 424 g/mol. The zero-order chi connectivity index (χ0) is 22.6. The van der Waals surface area contributed by atoms with Crippen LogP contribution in [0.1, 0.15) is 38.4 Å². The Morgan fingerprint density at radius 2 is 1.77 bits per heavy atom. The van der Waals surface area contributed by atoms with Crippen molar-refractivity contribution >= 4 is 23.5 Å². The molecule has 3 N–H and O–H groups in total. The molecule has 0 aliphatic rings. The van der Waals surface area contributed by atoms with E-state index in [1.54, 1.807) is 10.7 Å². The number of carbonyl (C=O) groups excluding carboxylic acids is 1. The number of rotatable bonds is 6. The van der Waals surface area contributed by atoms with E-state index < -0.39 is 12.0 Å². The van der Waals surface area contributed by atoms with Gasteiger partial charge in [0.1, 0.15) is 11.6 Å². The maximum atomic E-state index is 13.1. The summed E-state index contributed by atoms with van der Waals surface area (Å²) in [6, 6.07) is 14.2. The summed E-state index contributed by atoms with van der Waals surface area (Å²) in [4.78, 5) is 23.4. The smallest absolute Gasteiger partial charge is 0.324 e. The summed E-state index contributed by atoms with van der Waals surface area (Å²) in [7, 11) is 0. The summed E-state index contributed by atoms with van der Waals surface area (Å²) in [5.41, 5.74) is 2.54. The maximum Gasteiger partial charge on any atom is 0.324 e. The van der Waals surface area contributed by atoms with Gasteiger partial charge in [0.2, 0.25) is 0 Å². The van der Waals surface area contributed by atoms with E-state index in [1.165, 1.54) is 24.3 Å². The fraction of sp³-hybridized carbons (Fsp3) is 0.261. The van der Waals surface area contributed by atoms with Crippen LogP contribution in [0.2, 0.25) is 0 Å². The summed E-state index contributed by atoms with van der Waals surface area (Å²) in [6.07, 6.45) is 0.422. The number of aromatic nitrogens is 2. The van der Waals surface area contributed by atoms with Gasteiger partial charge < -0.3 is 10.4 Å². The fourth-order valence-corrected chi connectivity index (χ4v) is 2.94. The highest BCUT2D eigenvalue weighted by atomic mass is 19.1. The number of benzene rings is 2. The van der Waals surface area contributed by atoms with Gasteiger partial charge in [-0.2, -0.15) is 5.10 Å². The van der Waals surface area contributed by atoms with Crippen molar-refractivity contribution in [3.05, 3.63) is 71.7 Å². The van der Waals surface area contributed by atoms with Crippen LogP contribution in [0.5, 0.6) is 0 Å². The molecule has 8 heteroatoms. The first kappa shape index (κ1) is 22.0. The second kappa shape index (κ2) is 8.99. The van der Waals surface area contributed by atoms with Crippen LogP contribution in [0.3, 0.4) is 0 Å². The molecule has 1 aromatic heterocycles. The van der Waals surface area contributed by atoms with Crippen molar-refractivity contribution in [3.8, 4) is 5.69 Å². The highest BCUT2D eigenvalue weighted by Crippen LogP contribution is 2.27. The topological polar surface area (TPSA) is 96.2 Å². The molecule has 0 radical (unpaired) electrons. The third-order valence-electron chi connectivity index (χ3n) is 4.60. The highest BCUT2D eigenvalue weighted by Gasteiger charge is 2.21. The van der Waals surface area contributed by atoms with Crippen LogP contribution < -0.4 is 10.6 Å². The number of carboxylic acids is 1. The Morgan fingerprint density at radius 3 is 2.42 bits per heavy atom. The minimum absolute atomic E-state index is 0.0288. The normalized spacial score (nSPS) is 11.2. The molecule has 7 nitrogen and oxygen atoms in total. The van der Waals surface area contributed by atoms with Gasteiger partial charge in [-0.3, -0.25) is 10.1 Å². The molecule has 0 saturated carbocycles. The number of hydrogen-bond acceptors (Lipinski definition) is 3. The van der Waals surface area contributed by atoms with E-state index in [4.69, 9.17) is 5.11 Å². The average molecular weight is 424 g/mol. The number of nitrogens with zero attached hydrogens (tertiary/aromatic N) is 2. The van der Waals surface area contributed by atoms with Crippen molar-refractivity contribution in [2.45, 2.75) is 39.0 Å². The first-order valence-corrected chi connectivity index (χ1v) is 9.87. The number of urea groups is 1. The molecule has 162 valence electrons. The van der Waals surface area contributed by atoms with Gasteiger partial charge in [-0.1, -0.05) is 32.9 Å². The van der Waals surface area contributed by atoms with Crippen LogP contribution in [0.15, 0.2) is 54.6 Å². The zero-order valence-electron chi connectivity index (χ0n) is 17.6. The Hall–Kier alpha value is -3.68. The van der Waals surface area contributed by atoms with E-state index in [9.17, 15) is 14.0 Å². The molecule has 3 rings (SSSR count). The molecule has 31 heavy (non-hydrogen) atoms. The van der Waals surface area contributed by atoms with Crippen LogP contribution in [0.25, 0.3) is 5.69 Å². The van der Waals surface area contributed by atoms with Crippen molar-refractivity contribution in [2.75, 3.05) is 10.6 Å². The van der Waals surface area contributed by atoms with E-state index in [2.05, 4.69) is 15.7 Å². The van der Waals surface area contributed by atoms with Crippen molar-refractivity contribution < 1.29 is 19.1 Å². The van der Waals surface area contributed by atoms with Crippen molar-refractivity contribution in [1.82, 2.24) is 9.78 Å². The van der Waals surface area contributed by atoms with E-state index in [-0.39, 0.29) is 17.7 Å². The number of halogens is 1. The molecule has 2 aromatic carbocycles. The third-order valence-corrected chi connectivity index (χ3v) is 4.60. The van der Waals surface area contributed by atoms with Gasteiger partial charge in [-0.15, -0.1) is 0 Å². The quantitative estimate of drug-likeness (QED) is 0.520. The van der Waals surface area contributed by atoms with Gasteiger partial charge in [0.15, 0.2) is 0 Å². The van der Waals surface area contributed by atoms with Gasteiger partial charge in [0, 0.05) is 23.6 Å². The molecule has 1 heterocycles. The second-order valence-electron chi connectivity index (χ2n) is 8.23. The molecule has 0 aliphatic heterocycles. The summed E-state index contributed by atoms with van der Waals surface area (Å²) in [6.45, 7) is 6.06. The fourth-order valence-electron chi connectivity index (χ4n) is 2.94. The summed E-state index contributed by atoms with van der Waals surface area (Å²) >= 11 is 0. The Morgan fingerprint density at radius 1 is 1.06 bits per heavy atom. The molecule has 0 bridgehead atoms. The molecule has 0 unspecified atom stereocenters. The van der Waals surface area contributed by atoms with Gasteiger partial charge in [-0.05, 0) is 48.4 Å². The van der Waals surface area contributed by atoms with Gasteiger partial charge in [0.05, 0.1) is 11.4 Å². The molecular formula is C23H25FN4O3. The van der Waals surface area contributed by atoms with E-state index in [0.29, 0.717) is 23.6 Å². The molecule has 0 saturated heterocycles. The van der Waals surface area contributed by atoms with Crippen LogP contribution in [0.4, 0.5) is 20.7 Å². The number of carboxylic acid groups (broad SMARTS) is 1. The number of nitrogens with one attached hydrogen (secondary N) is 2. The minimum Gasteiger partial charge on any atom is -0.481 e. The van der Waals surface area contributed by atoms with Crippen LogP contribution >= 0.6 is 0 Å². The molecule has 3 aromatic rings. The maximum absolute atomic E-state index is 13.1. The van der Waals surface area contributed by atoms with Gasteiger partial charge in [0.25, 0.3) is 0 Å². The number of aliphatic carboxylic acids is 1. The lowest BCUT2D eigenvalue weighted by molar-refractivity contribution is -0.136. The van der Waals surface area contributed by atoms with Crippen LogP contribution in [-0.2, 0) is 16.6 Å². The molecule has 0 atom stereocenters. The number of anilines is 2. The highest BCUT2D eigenvalue weighted by molar-refractivity contribution is 5.99. The number of carbonyl (C=O) groups is 2. The zero-order valence-corrected chi connectivity index (χ0v) is 17.6. The van der Waals surface area contributed by atoms with Crippen molar-refractivity contribution in [2.24, 2.45) is 0 Å². The van der Waals surface area contributed by atoms with Crippen molar-refractivity contribution in [3.63, 3.8) is 0 Å². The average Bonchev–Trinajstić information content (AvgIpc) is 3.12. The number of aryl methyl sites for hydroxylation is 1. The molecule has 2 amide bonds. The van der Waals surface area contributed by atoms with Gasteiger partial charge in [-0.25, -0.2) is 13.9 Å². The Bertz CT molecular complexity index is 1080. The second-order valence-corrected chi connectivity index (χ2v) is 8.23. The molecular weight excluding hydrogens is 399 g/mol. The lowest BCUT2D eigenvalue weighted by atomic mass is 9.92. The van der Waals surface area contributed by atoms with E-state index in [1.807, 2.05) is 45.0 Å². The summed E-state index contributed by atoms with van der Waals surface area (Å²) in [5, 5.41) is 19.1. The van der Waals surface area contributed by atoms with Crippen molar-refractivity contribution in [1.29, 1.82) is 0 Å². The lowest BCUT2D eigenvalue weighted by Crippen LogP contribution is -2.21. The summed E-state index contributed by atoms with van der Waals surface area (Å²) < 4.78 is 14.7. The minimum atomic E-state index is -0.862. The first-order chi connectivity index (χ1) is 14.6. The Balaban J connectivity index is 1.88. The standard InChI is InChI=1S/C23H25FN4O3/c1-23(2,3)19-14-20(26-22(31)25-17-10-8-16(24)9-11-17)28(27-19)18-6-4-5-15(13-18)7-12-21(29)30/h4-6,8-11,13-14H,7,12H2,1-3H3,(H,29,30)(H2,25,26,31). The molecule has 0 aliphatic carbocycles. The molecule has 0 fully saturated rings. The van der Waals surface area contributed by atoms with Gasteiger partial charge >= 0.3 is 12.0 Å². The Labute approximate surface area is 179 Å². The summed E-state index contributed by atoms with van der Waals surface area (Å²) in [5.74, 6) is -0.791. The van der Waals surface area contributed by atoms with E-state index >= 15 is 0 Å². The number of amides is 2. The first-order valence-electron chi connectivity index (χ1n) is 9.87. The predicted octanol–water partition coefficient (Wildman–Crippen LogP) is 4.97. The number of hydrogen-bond donors (Lipinski definition) is 3.